The Hall–Kier alpha value is -1.93. The summed E-state index contributed by atoms with van der Waals surface area (Å²) in [5.41, 5.74) is 0.742. The molecule has 1 aliphatic rings. The van der Waals surface area contributed by atoms with E-state index in [1.54, 1.807) is 12.1 Å². The highest BCUT2D eigenvalue weighted by Gasteiger charge is 2.21. The zero-order valence-electron chi connectivity index (χ0n) is 12.1. The van der Waals surface area contributed by atoms with E-state index in [1.165, 1.54) is 35.2 Å². The van der Waals surface area contributed by atoms with Gasteiger partial charge in [0, 0.05) is 11.4 Å². The highest BCUT2D eigenvalue weighted by atomic mass is 32.2. The fourth-order valence-electron chi connectivity index (χ4n) is 2.13. The zero-order valence-corrected chi connectivity index (χ0v) is 13.7. The SMILES string of the molecule is O=C(CSc1ccc(F)cc1)Nc1nc2c(s1)C(=O)NCCC2. The molecule has 1 aromatic carbocycles. The minimum absolute atomic E-state index is 0.129. The van der Waals surface area contributed by atoms with Crippen LogP contribution in [0.2, 0.25) is 0 Å². The van der Waals surface area contributed by atoms with Crippen molar-refractivity contribution in [3.05, 3.63) is 40.7 Å². The van der Waals surface area contributed by atoms with E-state index in [4.69, 9.17) is 0 Å². The van der Waals surface area contributed by atoms with Gasteiger partial charge in [-0.2, -0.15) is 0 Å². The fraction of sp³-hybridized carbons (Fsp3) is 0.267. The van der Waals surface area contributed by atoms with Crippen LogP contribution in [0.4, 0.5) is 9.52 Å². The summed E-state index contributed by atoms with van der Waals surface area (Å²) in [6.45, 7) is 0.651. The summed E-state index contributed by atoms with van der Waals surface area (Å²) in [5, 5.41) is 5.96. The first-order chi connectivity index (χ1) is 11.1. The molecule has 0 fully saturated rings. The van der Waals surface area contributed by atoms with Crippen LogP contribution in [0, 0.1) is 5.82 Å². The van der Waals surface area contributed by atoms with Crippen LogP contribution in [-0.2, 0) is 11.2 Å². The Morgan fingerprint density at radius 2 is 2.17 bits per heavy atom. The van der Waals surface area contributed by atoms with Crippen molar-refractivity contribution in [2.45, 2.75) is 17.7 Å². The number of carbonyl (C=O) groups is 2. The quantitative estimate of drug-likeness (QED) is 0.831. The Labute approximate surface area is 140 Å². The maximum atomic E-state index is 12.8. The smallest absolute Gasteiger partial charge is 0.263 e. The molecule has 2 amide bonds. The molecule has 8 heteroatoms. The zero-order chi connectivity index (χ0) is 16.2. The van der Waals surface area contributed by atoms with Crippen molar-refractivity contribution in [2.75, 3.05) is 17.6 Å². The predicted octanol–water partition coefficient (Wildman–Crippen LogP) is 2.69. The highest BCUT2D eigenvalue weighted by molar-refractivity contribution is 8.00. The second-order valence-electron chi connectivity index (χ2n) is 4.95. The number of thioether (sulfide) groups is 1. The second-order valence-corrected chi connectivity index (χ2v) is 6.99. The van der Waals surface area contributed by atoms with Gasteiger partial charge in [0.25, 0.3) is 5.91 Å². The molecule has 1 aliphatic heterocycles. The summed E-state index contributed by atoms with van der Waals surface area (Å²) >= 11 is 2.51. The van der Waals surface area contributed by atoms with Gasteiger partial charge in [0.15, 0.2) is 5.13 Å². The van der Waals surface area contributed by atoms with Crippen molar-refractivity contribution in [3.63, 3.8) is 0 Å². The van der Waals surface area contributed by atoms with E-state index in [2.05, 4.69) is 15.6 Å². The van der Waals surface area contributed by atoms with Crippen LogP contribution in [0.1, 0.15) is 21.8 Å². The lowest BCUT2D eigenvalue weighted by Gasteiger charge is -2.02. The number of carbonyl (C=O) groups excluding carboxylic acids is 2. The number of halogens is 1. The van der Waals surface area contributed by atoms with Gasteiger partial charge in [-0.05, 0) is 37.1 Å². The average Bonchev–Trinajstić information content (AvgIpc) is 2.86. The number of aryl methyl sites for hydroxylation is 1. The lowest BCUT2D eigenvalue weighted by atomic mass is 10.2. The standard InChI is InChI=1S/C15H14FN3O2S2/c16-9-3-5-10(6-4-9)22-8-12(20)19-15-18-11-2-1-7-17-14(21)13(11)23-15/h3-6H,1-2,7-8H2,(H,17,21)(H,18,19,20). The number of hydrogen-bond acceptors (Lipinski definition) is 5. The van der Waals surface area contributed by atoms with E-state index in [0.717, 1.165) is 23.4 Å². The number of thiazole rings is 1. The summed E-state index contributed by atoms with van der Waals surface area (Å²) in [4.78, 5) is 29.6. The van der Waals surface area contributed by atoms with Crippen molar-refractivity contribution in [1.29, 1.82) is 0 Å². The molecule has 5 nitrogen and oxygen atoms in total. The van der Waals surface area contributed by atoms with Crippen LogP contribution in [0.15, 0.2) is 29.2 Å². The van der Waals surface area contributed by atoms with Crippen molar-refractivity contribution in [3.8, 4) is 0 Å². The van der Waals surface area contributed by atoms with E-state index in [0.29, 0.717) is 16.6 Å². The minimum Gasteiger partial charge on any atom is -0.351 e. The maximum absolute atomic E-state index is 12.8. The van der Waals surface area contributed by atoms with Crippen molar-refractivity contribution in [2.24, 2.45) is 0 Å². The Balaban J connectivity index is 1.59. The molecule has 2 heterocycles. The van der Waals surface area contributed by atoms with E-state index >= 15 is 0 Å². The molecular formula is C15H14FN3O2S2. The molecule has 0 unspecified atom stereocenters. The molecule has 0 saturated carbocycles. The third kappa shape index (κ3) is 4.08. The summed E-state index contributed by atoms with van der Waals surface area (Å²) in [6, 6.07) is 5.97. The molecule has 2 N–H and O–H groups in total. The Bertz CT molecular complexity index is 731. The molecule has 0 bridgehead atoms. The van der Waals surface area contributed by atoms with Crippen molar-refractivity contribution < 1.29 is 14.0 Å². The third-order valence-corrected chi connectivity index (χ3v) is 5.23. The van der Waals surface area contributed by atoms with Crippen LogP contribution in [-0.4, -0.2) is 29.1 Å². The van der Waals surface area contributed by atoms with E-state index in [1.807, 2.05) is 0 Å². The van der Waals surface area contributed by atoms with Crippen LogP contribution in [0.5, 0.6) is 0 Å². The van der Waals surface area contributed by atoms with E-state index in [9.17, 15) is 14.0 Å². The van der Waals surface area contributed by atoms with E-state index < -0.39 is 0 Å². The van der Waals surface area contributed by atoms with E-state index in [-0.39, 0.29) is 23.4 Å². The molecule has 23 heavy (non-hydrogen) atoms. The molecule has 0 atom stereocenters. The van der Waals surface area contributed by atoms with Gasteiger partial charge in [-0.1, -0.05) is 11.3 Å². The van der Waals surface area contributed by atoms with Crippen LogP contribution >= 0.6 is 23.1 Å². The first kappa shape index (κ1) is 15.9. The number of anilines is 1. The fourth-order valence-corrected chi connectivity index (χ4v) is 3.77. The Morgan fingerprint density at radius 1 is 1.39 bits per heavy atom. The number of hydrogen-bond donors (Lipinski definition) is 2. The number of rotatable bonds is 4. The Kier molecular flexibility index (Phi) is 4.92. The molecule has 0 aliphatic carbocycles. The van der Waals surface area contributed by atoms with Gasteiger partial charge >= 0.3 is 0 Å². The van der Waals surface area contributed by atoms with Crippen LogP contribution < -0.4 is 10.6 Å². The van der Waals surface area contributed by atoms with Crippen molar-refractivity contribution >= 4 is 40.0 Å². The summed E-state index contributed by atoms with van der Waals surface area (Å²) in [7, 11) is 0. The van der Waals surface area contributed by atoms with Gasteiger partial charge in [-0.3, -0.25) is 9.59 Å². The number of nitrogens with one attached hydrogen (secondary N) is 2. The van der Waals surface area contributed by atoms with Gasteiger partial charge in [0.05, 0.1) is 11.4 Å². The van der Waals surface area contributed by atoms with Crippen LogP contribution in [0.25, 0.3) is 0 Å². The molecule has 120 valence electrons. The number of nitrogens with zero attached hydrogens (tertiary/aromatic N) is 1. The third-order valence-electron chi connectivity index (χ3n) is 3.21. The molecular weight excluding hydrogens is 337 g/mol. The monoisotopic (exact) mass is 351 g/mol. The first-order valence-corrected chi connectivity index (χ1v) is 8.88. The normalized spacial score (nSPS) is 13.9. The average molecular weight is 351 g/mol. The van der Waals surface area contributed by atoms with Gasteiger partial charge in [0.1, 0.15) is 10.7 Å². The van der Waals surface area contributed by atoms with Gasteiger partial charge in [-0.15, -0.1) is 11.8 Å². The molecule has 0 radical (unpaired) electrons. The maximum Gasteiger partial charge on any atom is 0.263 e. The number of benzene rings is 1. The lowest BCUT2D eigenvalue weighted by Crippen LogP contribution is -2.21. The number of aromatic nitrogens is 1. The Morgan fingerprint density at radius 3 is 2.96 bits per heavy atom. The predicted molar refractivity (Wildman–Crippen MR) is 88.5 cm³/mol. The topological polar surface area (TPSA) is 71.1 Å². The summed E-state index contributed by atoms with van der Waals surface area (Å²) in [6.07, 6.45) is 1.57. The molecule has 0 spiro atoms. The second kappa shape index (κ2) is 7.10. The molecule has 2 aromatic rings. The number of amides is 2. The lowest BCUT2D eigenvalue weighted by molar-refractivity contribution is -0.113. The van der Waals surface area contributed by atoms with Crippen molar-refractivity contribution in [1.82, 2.24) is 10.3 Å². The summed E-state index contributed by atoms with van der Waals surface area (Å²) < 4.78 is 12.8. The molecule has 3 rings (SSSR count). The molecule has 0 saturated heterocycles. The minimum atomic E-state index is -0.304. The van der Waals surface area contributed by atoms with Gasteiger partial charge in [-0.25, -0.2) is 9.37 Å². The van der Waals surface area contributed by atoms with Gasteiger partial charge < -0.3 is 10.6 Å². The largest absolute Gasteiger partial charge is 0.351 e. The van der Waals surface area contributed by atoms with Gasteiger partial charge in [0.2, 0.25) is 5.91 Å². The van der Waals surface area contributed by atoms with Crippen LogP contribution in [0.3, 0.4) is 0 Å². The first-order valence-electron chi connectivity index (χ1n) is 7.08. The highest BCUT2D eigenvalue weighted by Crippen LogP contribution is 2.26. The molecule has 1 aromatic heterocycles. The summed E-state index contributed by atoms with van der Waals surface area (Å²) in [5.74, 6) is -0.441. The number of fused-ring (bicyclic) bond motifs is 1.